The van der Waals surface area contributed by atoms with Crippen molar-refractivity contribution >= 4 is 22.6 Å². The predicted octanol–water partition coefficient (Wildman–Crippen LogP) is 2.25. The van der Waals surface area contributed by atoms with Crippen LogP contribution in [0.15, 0.2) is 30.5 Å². The van der Waals surface area contributed by atoms with Crippen LogP contribution >= 0.6 is 0 Å². The van der Waals surface area contributed by atoms with Crippen molar-refractivity contribution < 1.29 is 14.3 Å². The molecule has 0 spiro atoms. The van der Waals surface area contributed by atoms with Gasteiger partial charge in [-0.15, -0.1) is 0 Å². The first-order valence-electron chi connectivity index (χ1n) is 7.09. The molecule has 0 bridgehead atoms. The molecule has 1 aliphatic rings. The molecule has 0 saturated carbocycles. The van der Waals surface area contributed by atoms with Crippen LogP contribution in [-0.4, -0.2) is 44.4 Å². The van der Waals surface area contributed by atoms with Crippen molar-refractivity contribution in [3.05, 3.63) is 36.0 Å². The summed E-state index contributed by atoms with van der Waals surface area (Å²) in [6.07, 6.45) is 2.64. The Morgan fingerprint density at radius 1 is 1.29 bits per heavy atom. The van der Waals surface area contributed by atoms with Crippen LogP contribution in [0.5, 0.6) is 0 Å². The van der Waals surface area contributed by atoms with Crippen molar-refractivity contribution in [1.82, 2.24) is 4.98 Å². The molecular formula is C16H18N2O3. The van der Waals surface area contributed by atoms with E-state index in [2.05, 4.69) is 9.88 Å². The molecule has 0 atom stereocenters. The number of nitrogens with zero attached hydrogens (tertiary/aromatic N) is 2. The fraction of sp³-hybridized carbons (Fsp3) is 0.375. The van der Waals surface area contributed by atoms with Crippen LogP contribution < -0.4 is 4.90 Å². The van der Waals surface area contributed by atoms with Crippen molar-refractivity contribution in [2.24, 2.45) is 0 Å². The smallest absolute Gasteiger partial charge is 0.338 e. The lowest BCUT2D eigenvalue weighted by Crippen LogP contribution is -2.25. The van der Waals surface area contributed by atoms with Gasteiger partial charge in [0.15, 0.2) is 0 Å². The van der Waals surface area contributed by atoms with E-state index in [0.29, 0.717) is 5.56 Å². The number of carbonyl (C=O) groups excluding carboxylic acids is 1. The van der Waals surface area contributed by atoms with Gasteiger partial charge in [-0.05, 0) is 30.7 Å². The van der Waals surface area contributed by atoms with Crippen molar-refractivity contribution in [2.75, 3.05) is 38.3 Å². The van der Waals surface area contributed by atoms with Gasteiger partial charge in [-0.25, -0.2) is 4.79 Å². The molecule has 1 fully saturated rings. The molecule has 1 aromatic heterocycles. The second-order valence-corrected chi connectivity index (χ2v) is 5.00. The van der Waals surface area contributed by atoms with Crippen LogP contribution in [0.3, 0.4) is 0 Å². The predicted molar refractivity (Wildman–Crippen MR) is 80.7 cm³/mol. The second-order valence-electron chi connectivity index (χ2n) is 5.00. The first-order valence-corrected chi connectivity index (χ1v) is 7.09. The molecule has 5 heteroatoms. The molecule has 110 valence electrons. The second kappa shape index (κ2) is 6.10. The molecule has 0 aliphatic carbocycles. The van der Waals surface area contributed by atoms with Gasteiger partial charge >= 0.3 is 5.97 Å². The molecule has 0 radical (unpaired) electrons. The molecule has 21 heavy (non-hydrogen) atoms. The first kappa shape index (κ1) is 13.8. The van der Waals surface area contributed by atoms with Crippen LogP contribution in [0.25, 0.3) is 10.9 Å². The SMILES string of the molecule is COC(=O)c1ccnc2ccc(N3CCCOCC3)cc12. The highest BCUT2D eigenvalue weighted by Gasteiger charge is 2.14. The Morgan fingerprint density at radius 2 is 2.19 bits per heavy atom. The number of esters is 1. The number of pyridine rings is 1. The molecule has 2 heterocycles. The maximum atomic E-state index is 11.9. The lowest BCUT2D eigenvalue weighted by atomic mass is 10.1. The van der Waals surface area contributed by atoms with Gasteiger partial charge < -0.3 is 14.4 Å². The van der Waals surface area contributed by atoms with E-state index < -0.39 is 0 Å². The van der Waals surface area contributed by atoms with Gasteiger partial charge in [0.1, 0.15) is 0 Å². The van der Waals surface area contributed by atoms with E-state index in [1.807, 2.05) is 18.2 Å². The van der Waals surface area contributed by atoms with Gasteiger partial charge in [0.05, 0.1) is 24.8 Å². The minimum absolute atomic E-state index is 0.334. The van der Waals surface area contributed by atoms with E-state index in [4.69, 9.17) is 9.47 Å². The van der Waals surface area contributed by atoms with Gasteiger partial charge in [0.25, 0.3) is 0 Å². The minimum Gasteiger partial charge on any atom is -0.465 e. The van der Waals surface area contributed by atoms with Crippen LogP contribution in [0.2, 0.25) is 0 Å². The average molecular weight is 286 g/mol. The van der Waals surface area contributed by atoms with Gasteiger partial charge in [0.2, 0.25) is 0 Å². The Labute approximate surface area is 123 Å². The molecule has 0 unspecified atom stereocenters. The summed E-state index contributed by atoms with van der Waals surface area (Å²) in [6, 6.07) is 7.70. The summed E-state index contributed by atoms with van der Waals surface area (Å²) >= 11 is 0. The third kappa shape index (κ3) is 2.83. The Morgan fingerprint density at radius 3 is 3.05 bits per heavy atom. The number of anilines is 1. The van der Waals surface area contributed by atoms with Gasteiger partial charge in [0, 0.05) is 37.0 Å². The van der Waals surface area contributed by atoms with E-state index in [9.17, 15) is 4.79 Å². The Balaban J connectivity index is 2.03. The number of methoxy groups -OCH3 is 1. The number of rotatable bonds is 2. The Bertz CT molecular complexity index is 649. The topological polar surface area (TPSA) is 51.7 Å². The molecule has 1 aliphatic heterocycles. The molecule has 1 saturated heterocycles. The number of carbonyl (C=O) groups is 1. The number of fused-ring (bicyclic) bond motifs is 1. The minimum atomic E-state index is -0.334. The highest BCUT2D eigenvalue weighted by molar-refractivity contribution is 6.04. The zero-order valence-corrected chi connectivity index (χ0v) is 12.0. The third-order valence-electron chi connectivity index (χ3n) is 3.72. The van der Waals surface area contributed by atoms with Gasteiger partial charge in [-0.1, -0.05) is 0 Å². The molecule has 0 amide bonds. The lowest BCUT2D eigenvalue weighted by molar-refractivity contribution is 0.0603. The molecular weight excluding hydrogens is 268 g/mol. The van der Waals surface area contributed by atoms with E-state index in [1.54, 1.807) is 12.3 Å². The van der Waals surface area contributed by atoms with E-state index in [-0.39, 0.29) is 5.97 Å². The summed E-state index contributed by atoms with van der Waals surface area (Å²) in [6.45, 7) is 3.35. The number of hydrogen-bond donors (Lipinski definition) is 0. The maximum Gasteiger partial charge on any atom is 0.338 e. The highest BCUT2D eigenvalue weighted by Crippen LogP contribution is 2.25. The van der Waals surface area contributed by atoms with Crippen molar-refractivity contribution in [3.63, 3.8) is 0 Å². The fourth-order valence-electron chi connectivity index (χ4n) is 2.62. The number of benzene rings is 1. The monoisotopic (exact) mass is 286 g/mol. The Hall–Kier alpha value is -2.14. The van der Waals surface area contributed by atoms with Crippen LogP contribution in [0.1, 0.15) is 16.8 Å². The zero-order valence-electron chi connectivity index (χ0n) is 12.0. The number of hydrogen-bond acceptors (Lipinski definition) is 5. The largest absolute Gasteiger partial charge is 0.465 e. The summed E-state index contributed by atoms with van der Waals surface area (Å²) < 4.78 is 10.3. The highest BCUT2D eigenvalue weighted by atomic mass is 16.5. The number of ether oxygens (including phenoxy) is 2. The van der Waals surface area contributed by atoms with Crippen LogP contribution in [-0.2, 0) is 9.47 Å². The molecule has 5 nitrogen and oxygen atoms in total. The summed E-state index contributed by atoms with van der Waals surface area (Å²) in [5, 5.41) is 0.826. The van der Waals surface area contributed by atoms with Crippen LogP contribution in [0.4, 0.5) is 5.69 Å². The Kier molecular flexibility index (Phi) is 4.01. The van der Waals surface area contributed by atoms with E-state index in [0.717, 1.165) is 49.3 Å². The fourth-order valence-corrected chi connectivity index (χ4v) is 2.62. The summed E-state index contributed by atoms with van der Waals surface area (Å²) in [7, 11) is 1.39. The van der Waals surface area contributed by atoms with Crippen molar-refractivity contribution in [2.45, 2.75) is 6.42 Å². The summed E-state index contributed by atoms with van der Waals surface area (Å²) in [5.41, 5.74) is 2.44. The third-order valence-corrected chi connectivity index (χ3v) is 3.72. The standard InChI is InChI=1S/C16H18N2O3/c1-20-16(19)13-5-6-17-15-4-3-12(11-14(13)15)18-7-2-9-21-10-8-18/h3-6,11H,2,7-10H2,1H3. The molecule has 0 N–H and O–H groups in total. The van der Waals surface area contributed by atoms with Gasteiger partial charge in [-0.3, -0.25) is 4.98 Å². The van der Waals surface area contributed by atoms with Crippen molar-refractivity contribution in [3.8, 4) is 0 Å². The quantitative estimate of drug-likeness (QED) is 0.793. The van der Waals surface area contributed by atoms with Gasteiger partial charge in [-0.2, -0.15) is 0 Å². The van der Waals surface area contributed by atoms with Crippen LogP contribution in [0, 0.1) is 0 Å². The van der Waals surface area contributed by atoms with E-state index in [1.165, 1.54) is 7.11 Å². The van der Waals surface area contributed by atoms with E-state index >= 15 is 0 Å². The molecule has 1 aromatic carbocycles. The summed E-state index contributed by atoms with van der Waals surface area (Å²) in [4.78, 5) is 18.5. The average Bonchev–Trinajstić information content (AvgIpc) is 2.82. The normalized spacial score (nSPS) is 15.8. The van der Waals surface area contributed by atoms with Crippen molar-refractivity contribution in [1.29, 1.82) is 0 Å². The first-order chi connectivity index (χ1) is 10.3. The summed E-state index contributed by atoms with van der Waals surface area (Å²) in [5.74, 6) is -0.334. The molecule has 2 aromatic rings. The molecule has 3 rings (SSSR count). The number of aromatic nitrogens is 1. The zero-order chi connectivity index (χ0) is 14.7. The maximum absolute atomic E-state index is 11.9. The lowest BCUT2D eigenvalue weighted by Gasteiger charge is -2.22.